The number of fused-ring (bicyclic) bond motifs is 1. The van der Waals surface area contributed by atoms with Gasteiger partial charge in [-0.1, -0.05) is 37.3 Å². The van der Waals surface area contributed by atoms with Crippen molar-refractivity contribution in [3.05, 3.63) is 64.3 Å². The normalized spacial score (nSPS) is 11.0. The molecule has 0 saturated carbocycles. The third-order valence-corrected chi connectivity index (χ3v) is 4.47. The van der Waals surface area contributed by atoms with Gasteiger partial charge >= 0.3 is 0 Å². The van der Waals surface area contributed by atoms with Crippen molar-refractivity contribution in [3.8, 4) is 11.1 Å². The molecule has 0 amide bonds. The summed E-state index contributed by atoms with van der Waals surface area (Å²) in [4.78, 5) is 4.70. The van der Waals surface area contributed by atoms with E-state index < -0.39 is 0 Å². The summed E-state index contributed by atoms with van der Waals surface area (Å²) in [5, 5.41) is 1.15. The Morgan fingerprint density at radius 1 is 1.05 bits per heavy atom. The van der Waals surface area contributed by atoms with Crippen LogP contribution < -0.4 is 0 Å². The maximum absolute atomic E-state index is 5.07. The largest absolute Gasteiger partial charge is 0.361 e. The Hall–Kier alpha value is -1.28. The maximum Gasteiger partial charge on any atom is 0.0847 e. The molecule has 1 heterocycles. The SMILES string of the molecule is CCc1ccc2cc(-c3ccc(COP)cc3)cc(Br)c2n1. The summed E-state index contributed by atoms with van der Waals surface area (Å²) in [5.41, 5.74) is 5.67. The fourth-order valence-electron chi connectivity index (χ4n) is 2.49. The molecule has 2 aromatic carbocycles. The fourth-order valence-corrected chi connectivity index (χ4v) is 3.24. The average Bonchev–Trinajstić information content (AvgIpc) is 2.55. The van der Waals surface area contributed by atoms with Crippen LogP contribution in [0.3, 0.4) is 0 Å². The summed E-state index contributed by atoms with van der Waals surface area (Å²) in [6, 6.07) is 17.0. The molecule has 0 radical (unpaired) electrons. The smallest absolute Gasteiger partial charge is 0.0847 e. The number of aryl methyl sites for hydroxylation is 1. The van der Waals surface area contributed by atoms with Crippen LogP contribution in [-0.4, -0.2) is 4.98 Å². The highest BCUT2D eigenvalue weighted by Crippen LogP contribution is 2.30. The molecule has 112 valence electrons. The van der Waals surface area contributed by atoms with Gasteiger partial charge in [-0.2, -0.15) is 0 Å². The van der Waals surface area contributed by atoms with Gasteiger partial charge in [0.2, 0.25) is 0 Å². The maximum atomic E-state index is 5.07. The third-order valence-electron chi connectivity index (χ3n) is 3.70. The van der Waals surface area contributed by atoms with E-state index in [4.69, 9.17) is 9.51 Å². The minimum Gasteiger partial charge on any atom is -0.361 e. The van der Waals surface area contributed by atoms with Crippen molar-refractivity contribution in [2.24, 2.45) is 0 Å². The monoisotopic (exact) mass is 373 g/mol. The minimum absolute atomic E-state index is 0.607. The van der Waals surface area contributed by atoms with E-state index in [0.717, 1.165) is 33.1 Å². The van der Waals surface area contributed by atoms with E-state index in [0.29, 0.717) is 6.61 Å². The zero-order chi connectivity index (χ0) is 15.5. The molecular formula is C18H17BrNOP. The van der Waals surface area contributed by atoms with Gasteiger partial charge < -0.3 is 4.52 Å². The molecule has 0 bridgehead atoms. The molecule has 1 aromatic heterocycles. The molecule has 2 nitrogen and oxygen atoms in total. The predicted molar refractivity (Wildman–Crippen MR) is 98.8 cm³/mol. The molecule has 3 aromatic rings. The highest BCUT2D eigenvalue weighted by atomic mass is 79.9. The Labute approximate surface area is 141 Å². The van der Waals surface area contributed by atoms with E-state index in [1.807, 2.05) is 0 Å². The molecule has 0 saturated heterocycles. The molecule has 0 fully saturated rings. The fraction of sp³-hybridized carbons (Fsp3) is 0.167. The van der Waals surface area contributed by atoms with Gasteiger partial charge in [-0.3, -0.25) is 4.98 Å². The minimum atomic E-state index is 0.607. The van der Waals surface area contributed by atoms with Crippen LogP contribution in [0.4, 0.5) is 0 Å². The Morgan fingerprint density at radius 2 is 1.82 bits per heavy atom. The summed E-state index contributed by atoms with van der Waals surface area (Å²) in [7, 11) is 2.28. The van der Waals surface area contributed by atoms with Crippen molar-refractivity contribution in [1.29, 1.82) is 0 Å². The van der Waals surface area contributed by atoms with Crippen LogP contribution in [0.15, 0.2) is 53.0 Å². The second-order valence-corrected chi connectivity index (χ2v) is 6.38. The van der Waals surface area contributed by atoms with Crippen LogP contribution in [0.1, 0.15) is 18.2 Å². The molecule has 0 aliphatic heterocycles. The van der Waals surface area contributed by atoms with Crippen molar-refractivity contribution in [2.75, 3.05) is 0 Å². The predicted octanol–water partition coefficient (Wildman–Crippen LogP) is 5.53. The summed E-state index contributed by atoms with van der Waals surface area (Å²) in [5.74, 6) is 0. The van der Waals surface area contributed by atoms with Crippen molar-refractivity contribution in [3.63, 3.8) is 0 Å². The zero-order valence-corrected chi connectivity index (χ0v) is 15.1. The number of benzene rings is 2. The zero-order valence-electron chi connectivity index (χ0n) is 12.3. The first-order valence-corrected chi connectivity index (χ1v) is 8.48. The first-order valence-electron chi connectivity index (χ1n) is 7.21. The highest BCUT2D eigenvalue weighted by molar-refractivity contribution is 9.10. The molecule has 1 atom stereocenters. The number of rotatable bonds is 4. The Balaban J connectivity index is 2.04. The van der Waals surface area contributed by atoms with Gasteiger partial charge in [0.05, 0.1) is 12.1 Å². The summed E-state index contributed by atoms with van der Waals surface area (Å²) < 4.78 is 6.11. The lowest BCUT2D eigenvalue weighted by Gasteiger charge is -2.08. The number of hydrogen-bond acceptors (Lipinski definition) is 2. The van der Waals surface area contributed by atoms with Crippen molar-refractivity contribution < 1.29 is 4.52 Å². The first kappa shape index (κ1) is 15.6. The van der Waals surface area contributed by atoms with Gasteiger partial charge in [-0.15, -0.1) is 0 Å². The van der Waals surface area contributed by atoms with Crippen molar-refractivity contribution in [2.45, 2.75) is 20.0 Å². The van der Waals surface area contributed by atoms with E-state index in [9.17, 15) is 0 Å². The molecular weight excluding hydrogens is 357 g/mol. The second kappa shape index (κ2) is 6.87. The summed E-state index contributed by atoms with van der Waals surface area (Å²) >= 11 is 3.66. The van der Waals surface area contributed by atoms with Gasteiger partial charge in [0, 0.05) is 25.0 Å². The molecule has 3 rings (SSSR count). The highest BCUT2D eigenvalue weighted by Gasteiger charge is 2.06. The molecule has 0 spiro atoms. The van der Waals surface area contributed by atoms with E-state index in [1.165, 1.54) is 11.1 Å². The first-order chi connectivity index (χ1) is 10.7. The van der Waals surface area contributed by atoms with Crippen molar-refractivity contribution in [1.82, 2.24) is 4.98 Å². The molecule has 0 aliphatic rings. The van der Waals surface area contributed by atoms with Crippen LogP contribution in [0.25, 0.3) is 22.0 Å². The Morgan fingerprint density at radius 3 is 2.50 bits per heavy atom. The molecule has 22 heavy (non-hydrogen) atoms. The number of nitrogens with zero attached hydrogens (tertiary/aromatic N) is 1. The summed E-state index contributed by atoms with van der Waals surface area (Å²) in [6.45, 7) is 2.73. The van der Waals surface area contributed by atoms with Gasteiger partial charge in [-0.25, -0.2) is 0 Å². The molecule has 1 unspecified atom stereocenters. The average molecular weight is 374 g/mol. The van der Waals surface area contributed by atoms with Gasteiger partial charge in [0.1, 0.15) is 0 Å². The standard InChI is InChI=1S/C18H17BrNOP/c1-2-16-8-7-14-9-15(10-17(19)18(14)20-16)13-5-3-12(4-6-13)11-21-22/h3-10H,2,11,22H2,1H3. The van der Waals surface area contributed by atoms with E-state index in [1.54, 1.807) is 0 Å². The quantitative estimate of drug-likeness (QED) is 0.560. The van der Waals surface area contributed by atoms with Crippen molar-refractivity contribution >= 4 is 36.3 Å². The van der Waals surface area contributed by atoms with Gasteiger partial charge in [0.15, 0.2) is 0 Å². The molecule has 0 N–H and O–H groups in total. The van der Waals surface area contributed by atoms with Crippen LogP contribution in [0.2, 0.25) is 0 Å². The summed E-state index contributed by atoms with van der Waals surface area (Å²) in [6.07, 6.45) is 0.948. The number of aromatic nitrogens is 1. The Kier molecular flexibility index (Phi) is 4.87. The van der Waals surface area contributed by atoms with Crippen LogP contribution >= 0.6 is 25.4 Å². The van der Waals surface area contributed by atoms with E-state index in [-0.39, 0.29) is 0 Å². The lowest BCUT2D eigenvalue weighted by atomic mass is 10.0. The third kappa shape index (κ3) is 3.22. The van der Waals surface area contributed by atoms with E-state index >= 15 is 0 Å². The number of halogens is 1. The Bertz CT molecular complexity index is 802. The molecule has 0 aliphatic carbocycles. The van der Waals surface area contributed by atoms with Crippen LogP contribution in [-0.2, 0) is 17.6 Å². The van der Waals surface area contributed by atoms with Crippen LogP contribution in [0, 0.1) is 0 Å². The lowest BCUT2D eigenvalue weighted by molar-refractivity contribution is 0.362. The van der Waals surface area contributed by atoms with E-state index in [2.05, 4.69) is 80.9 Å². The molecule has 4 heteroatoms. The van der Waals surface area contributed by atoms with Gasteiger partial charge in [-0.05, 0) is 57.2 Å². The second-order valence-electron chi connectivity index (χ2n) is 5.19. The van der Waals surface area contributed by atoms with Crippen LogP contribution in [0.5, 0.6) is 0 Å². The number of pyridine rings is 1. The van der Waals surface area contributed by atoms with Gasteiger partial charge in [0.25, 0.3) is 0 Å². The topological polar surface area (TPSA) is 22.1 Å². The lowest BCUT2D eigenvalue weighted by Crippen LogP contribution is -1.90. The number of hydrogen-bond donors (Lipinski definition) is 0.